The van der Waals surface area contributed by atoms with Gasteiger partial charge in [-0.3, -0.25) is 4.79 Å². The molecule has 2 aromatic carbocycles. The van der Waals surface area contributed by atoms with Crippen molar-refractivity contribution in [3.8, 4) is 27.8 Å². The van der Waals surface area contributed by atoms with E-state index < -0.39 is 0 Å². The summed E-state index contributed by atoms with van der Waals surface area (Å²) in [7, 11) is 1.62. The maximum Gasteiger partial charge on any atom is 0.163 e. The van der Waals surface area contributed by atoms with Gasteiger partial charge in [-0.1, -0.05) is 12.1 Å². The maximum absolute atomic E-state index is 11.7. The summed E-state index contributed by atoms with van der Waals surface area (Å²) < 4.78 is 16.8. The highest BCUT2D eigenvalue weighted by Gasteiger charge is 2.12. The van der Waals surface area contributed by atoms with Gasteiger partial charge in [-0.2, -0.15) is 0 Å². The molecule has 0 aliphatic heterocycles. The molecule has 0 saturated heterocycles. The Morgan fingerprint density at radius 3 is 2.63 bits per heavy atom. The maximum atomic E-state index is 11.7. The Balaban J connectivity index is 1.75. The number of aromatic nitrogens is 1. The zero-order chi connectivity index (χ0) is 19.2. The number of ketones is 1. The monoisotopic (exact) mass is 383 g/mol. The normalized spacial score (nSPS) is 10.5. The molecule has 6 heteroatoms. The van der Waals surface area contributed by atoms with Gasteiger partial charge in [0.05, 0.1) is 25.0 Å². The molecular formula is C21H21NO4S. The molecule has 0 aliphatic rings. The Labute approximate surface area is 162 Å². The van der Waals surface area contributed by atoms with E-state index >= 15 is 0 Å². The fraction of sp³-hybridized carbons (Fsp3) is 0.238. The number of para-hydroxylation sites is 1. The Hall–Kier alpha value is -2.86. The zero-order valence-corrected chi connectivity index (χ0v) is 16.3. The second-order valence-corrected chi connectivity index (χ2v) is 6.64. The SMILES string of the molecule is CCOc1ccc(-c2nc(COc3ccccc3C(C)=O)cs2)cc1OC. The molecule has 0 radical (unpaired) electrons. The van der Waals surface area contributed by atoms with Crippen molar-refractivity contribution >= 4 is 17.1 Å². The zero-order valence-electron chi connectivity index (χ0n) is 15.5. The molecule has 1 heterocycles. The molecule has 0 aliphatic carbocycles. The van der Waals surface area contributed by atoms with Gasteiger partial charge < -0.3 is 14.2 Å². The van der Waals surface area contributed by atoms with E-state index in [0.29, 0.717) is 36.0 Å². The molecule has 0 bridgehead atoms. The quantitative estimate of drug-likeness (QED) is 0.512. The minimum Gasteiger partial charge on any atom is -0.493 e. The molecule has 0 atom stereocenters. The van der Waals surface area contributed by atoms with Crippen molar-refractivity contribution in [1.29, 1.82) is 0 Å². The Bertz CT molecular complexity index is 935. The lowest BCUT2D eigenvalue weighted by atomic mass is 10.1. The van der Waals surface area contributed by atoms with Gasteiger partial charge in [0, 0.05) is 10.9 Å². The summed E-state index contributed by atoms with van der Waals surface area (Å²) >= 11 is 1.53. The van der Waals surface area contributed by atoms with Gasteiger partial charge >= 0.3 is 0 Å². The lowest BCUT2D eigenvalue weighted by Crippen LogP contribution is -2.01. The minimum absolute atomic E-state index is 0.0222. The molecular weight excluding hydrogens is 362 g/mol. The number of ether oxygens (including phenoxy) is 3. The van der Waals surface area contributed by atoms with Crippen LogP contribution in [0.15, 0.2) is 47.8 Å². The summed E-state index contributed by atoms with van der Waals surface area (Å²) in [4.78, 5) is 16.3. The minimum atomic E-state index is -0.0222. The molecule has 0 fully saturated rings. The number of Topliss-reactive ketones (excluding diaryl/α,β-unsaturated/α-hetero) is 1. The molecule has 27 heavy (non-hydrogen) atoms. The van der Waals surface area contributed by atoms with Crippen LogP contribution < -0.4 is 14.2 Å². The number of thiazole rings is 1. The molecule has 0 unspecified atom stereocenters. The molecule has 3 rings (SSSR count). The first kappa shape index (κ1) is 18.9. The summed E-state index contributed by atoms with van der Waals surface area (Å²) in [6.07, 6.45) is 0. The van der Waals surface area contributed by atoms with Gasteiger partial charge in [-0.25, -0.2) is 4.98 Å². The predicted molar refractivity (Wildman–Crippen MR) is 106 cm³/mol. The van der Waals surface area contributed by atoms with Gasteiger partial charge in [-0.15, -0.1) is 11.3 Å². The van der Waals surface area contributed by atoms with Crippen molar-refractivity contribution in [3.63, 3.8) is 0 Å². The Kier molecular flexibility index (Phi) is 6.08. The van der Waals surface area contributed by atoms with Gasteiger partial charge in [0.15, 0.2) is 17.3 Å². The van der Waals surface area contributed by atoms with Gasteiger partial charge in [0.2, 0.25) is 0 Å². The molecule has 3 aromatic rings. The van der Waals surface area contributed by atoms with E-state index in [9.17, 15) is 4.79 Å². The fourth-order valence-corrected chi connectivity index (χ4v) is 3.42. The second-order valence-electron chi connectivity index (χ2n) is 5.78. The standard InChI is InChI=1S/C21H21NO4S/c1-4-25-19-10-9-15(11-20(19)24-3)21-22-16(13-27-21)12-26-18-8-6-5-7-17(18)14(2)23/h5-11,13H,4,12H2,1-3H3. The molecule has 140 valence electrons. The third kappa shape index (κ3) is 4.46. The van der Waals surface area contributed by atoms with E-state index in [2.05, 4.69) is 4.98 Å². The van der Waals surface area contributed by atoms with Crippen LogP contribution in [0.1, 0.15) is 29.9 Å². The average molecular weight is 383 g/mol. The van der Waals surface area contributed by atoms with Crippen LogP contribution in [0.4, 0.5) is 0 Å². The fourth-order valence-electron chi connectivity index (χ4n) is 2.62. The number of hydrogen-bond acceptors (Lipinski definition) is 6. The van der Waals surface area contributed by atoms with E-state index in [1.807, 2.05) is 42.6 Å². The van der Waals surface area contributed by atoms with Crippen LogP contribution in [0.5, 0.6) is 17.2 Å². The van der Waals surface area contributed by atoms with Crippen molar-refractivity contribution in [2.75, 3.05) is 13.7 Å². The van der Waals surface area contributed by atoms with Crippen LogP contribution in [-0.4, -0.2) is 24.5 Å². The summed E-state index contributed by atoms with van der Waals surface area (Å²) in [6.45, 7) is 4.35. The molecule has 0 N–H and O–H groups in total. The smallest absolute Gasteiger partial charge is 0.163 e. The van der Waals surface area contributed by atoms with Crippen molar-refractivity contribution < 1.29 is 19.0 Å². The number of methoxy groups -OCH3 is 1. The van der Waals surface area contributed by atoms with Crippen LogP contribution in [0.25, 0.3) is 10.6 Å². The van der Waals surface area contributed by atoms with E-state index in [-0.39, 0.29) is 5.78 Å². The van der Waals surface area contributed by atoms with Crippen molar-refractivity contribution in [3.05, 3.63) is 59.1 Å². The molecule has 0 spiro atoms. The van der Waals surface area contributed by atoms with Crippen LogP contribution in [-0.2, 0) is 6.61 Å². The highest BCUT2D eigenvalue weighted by molar-refractivity contribution is 7.13. The molecule has 0 amide bonds. The van der Waals surface area contributed by atoms with E-state index in [4.69, 9.17) is 14.2 Å². The summed E-state index contributed by atoms with van der Waals surface area (Å²) in [5, 5.41) is 2.82. The first-order valence-electron chi connectivity index (χ1n) is 8.60. The van der Waals surface area contributed by atoms with E-state index in [0.717, 1.165) is 16.3 Å². The van der Waals surface area contributed by atoms with Crippen LogP contribution in [0.3, 0.4) is 0 Å². The van der Waals surface area contributed by atoms with E-state index in [1.54, 1.807) is 19.2 Å². The highest BCUT2D eigenvalue weighted by atomic mass is 32.1. The van der Waals surface area contributed by atoms with Crippen LogP contribution >= 0.6 is 11.3 Å². The third-order valence-electron chi connectivity index (χ3n) is 3.90. The predicted octanol–water partition coefficient (Wildman–Crippen LogP) is 5.00. The van der Waals surface area contributed by atoms with Gasteiger partial charge in [-0.05, 0) is 44.2 Å². The topological polar surface area (TPSA) is 57.7 Å². The van der Waals surface area contributed by atoms with Gasteiger partial charge in [0.25, 0.3) is 0 Å². The summed E-state index contributed by atoms with van der Waals surface area (Å²) in [5.41, 5.74) is 2.33. The first-order valence-corrected chi connectivity index (χ1v) is 9.48. The van der Waals surface area contributed by atoms with Crippen LogP contribution in [0.2, 0.25) is 0 Å². The third-order valence-corrected chi connectivity index (χ3v) is 4.84. The molecule has 0 saturated carbocycles. The largest absolute Gasteiger partial charge is 0.493 e. The lowest BCUT2D eigenvalue weighted by molar-refractivity contribution is 0.101. The Morgan fingerprint density at radius 2 is 1.89 bits per heavy atom. The van der Waals surface area contributed by atoms with Crippen molar-refractivity contribution in [2.24, 2.45) is 0 Å². The molecule has 1 aromatic heterocycles. The van der Waals surface area contributed by atoms with Crippen molar-refractivity contribution in [2.45, 2.75) is 20.5 Å². The Morgan fingerprint density at radius 1 is 1.07 bits per heavy atom. The molecule has 5 nitrogen and oxygen atoms in total. The van der Waals surface area contributed by atoms with E-state index in [1.165, 1.54) is 18.3 Å². The second kappa shape index (κ2) is 8.68. The van der Waals surface area contributed by atoms with Gasteiger partial charge in [0.1, 0.15) is 17.4 Å². The number of hydrogen-bond donors (Lipinski definition) is 0. The highest BCUT2D eigenvalue weighted by Crippen LogP contribution is 2.34. The number of carbonyl (C=O) groups excluding carboxylic acids is 1. The number of rotatable bonds is 8. The number of benzene rings is 2. The number of carbonyl (C=O) groups is 1. The summed E-state index contributed by atoms with van der Waals surface area (Å²) in [6, 6.07) is 13.0. The average Bonchev–Trinajstić information content (AvgIpc) is 3.16. The summed E-state index contributed by atoms with van der Waals surface area (Å²) in [5.74, 6) is 1.94. The lowest BCUT2D eigenvalue weighted by Gasteiger charge is -2.10. The first-order chi connectivity index (χ1) is 13.1. The van der Waals surface area contributed by atoms with Crippen molar-refractivity contribution in [1.82, 2.24) is 4.98 Å². The van der Waals surface area contributed by atoms with Crippen LogP contribution in [0, 0.1) is 0 Å². The number of nitrogens with zero attached hydrogens (tertiary/aromatic N) is 1.